The molecule has 0 saturated heterocycles. The highest BCUT2D eigenvalue weighted by molar-refractivity contribution is 5.92. The second-order valence-corrected chi connectivity index (χ2v) is 11.0. The van der Waals surface area contributed by atoms with Crippen LogP contribution in [0.5, 0.6) is 5.75 Å². The second-order valence-electron chi connectivity index (χ2n) is 11.0. The molecule has 1 saturated carbocycles. The summed E-state index contributed by atoms with van der Waals surface area (Å²) >= 11 is 0. The van der Waals surface area contributed by atoms with Crippen LogP contribution in [0.1, 0.15) is 92.2 Å². The van der Waals surface area contributed by atoms with Crippen molar-refractivity contribution in [3.63, 3.8) is 0 Å². The number of rotatable bonds is 12. The first-order valence-corrected chi connectivity index (χ1v) is 13.3. The van der Waals surface area contributed by atoms with Crippen molar-refractivity contribution in [3.05, 3.63) is 29.8 Å². The van der Waals surface area contributed by atoms with Crippen LogP contribution in [0.3, 0.4) is 0 Å². The number of unbranched alkanes of at least 4 members (excludes halogenated alkanes) is 2. The van der Waals surface area contributed by atoms with Gasteiger partial charge in [0.05, 0.1) is 0 Å². The lowest BCUT2D eigenvalue weighted by atomic mass is 9.95. The van der Waals surface area contributed by atoms with Gasteiger partial charge in [0.25, 0.3) is 0 Å². The number of carbonyl (C=O) groups is 3. The van der Waals surface area contributed by atoms with Crippen molar-refractivity contribution >= 4 is 17.9 Å². The summed E-state index contributed by atoms with van der Waals surface area (Å²) in [5.41, 5.74) is -0.170. The van der Waals surface area contributed by atoms with E-state index in [1.165, 1.54) is 12.1 Å². The van der Waals surface area contributed by atoms with Crippen molar-refractivity contribution in [2.45, 2.75) is 104 Å². The van der Waals surface area contributed by atoms with Gasteiger partial charge in [-0.05, 0) is 63.1 Å². The van der Waals surface area contributed by atoms with Gasteiger partial charge in [-0.2, -0.15) is 0 Å². The first kappa shape index (κ1) is 29.5. The number of amides is 3. The Bertz CT molecular complexity index is 897. The fourth-order valence-electron chi connectivity index (χ4n) is 4.27. The van der Waals surface area contributed by atoms with Crippen molar-refractivity contribution in [2.75, 3.05) is 6.54 Å². The van der Waals surface area contributed by atoms with Gasteiger partial charge in [-0.1, -0.05) is 59.1 Å². The molecular formula is C28H45N3O5. The summed E-state index contributed by atoms with van der Waals surface area (Å²) in [6, 6.07) is 4.58. The molecule has 3 N–H and O–H groups in total. The van der Waals surface area contributed by atoms with E-state index in [-0.39, 0.29) is 35.4 Å². The Morgan fingerprint density at radius 2 is 1.86 bits per heavy atom. The van der Waals surface area contributed by atoms with Crippen LogP contribution in [0, 0.1) is 11.8 Å². The number of ether oxygens (including phenoxy) is 1. The van der Waals surface area contributed by atoms with Crippen molar-refractivity contribution in [1.82, 2.24) is 15.5 Å². The van der Waals surface area contributed by atoms with Crippen molar-refractivity contribution < 1.29 is 24.2 Å². The molecule has 0 radical (unpaired) electrons. The van der Waals surface area contributed by atoms with Gasteiger partial charge in [0, 0.05) is 12.6 Å². The number of hydrogen-bond acceptors (Lipinski definition) is 5. The molecule has 8 nitrogen and oxygen atoms in total. The highest BCUT2D eigenvalue weighted by Gasteiger charge is 2.48. The standard InChI is InChI=1S/C28H45N3O5/c1-8-10-11-15-29-25(33)24(20-13-12-14-21(32)17-20)31(22-16-19(22)4)26(34)23(18(3)9-2)30-27(35)36-28(5,6)7/h12-14,17-19,22-24,32H,8-11,15-16H2,1-7H3,(H,29,33)(H,30,35). The molecule has 5 atom stereocenters. The molecule has 1 aromatic rings. The molecule has 202 valence electrons. The molecule has 0 bridgehead atoms. The summed E-state index contributed by atoms with van der Waals surface area (Å²) in [4.78, 5) is 42.0. The summed E-state index contributed by atoms with van der Waals surface area (Å²) < 4.78 is 5.44. The van der Waals surface area contributed by atoms with Crippen LogP contribution in [0.2, 0.25) is 0 Å². The minimum Gasteiger partial charge on any atom is -0.508 e. The fraction of sp³-hybridized carbons (Fsp3) is 0.679. The van der Waals surface area contributed by atoms with E-state index in [9.17, 15) is 19.5 Å². The lowest BCUT2D eigenvalue weighted by molar-refractivity contribution is -0.144. The largest absolute Gasteiger partial charge is 0.508 e. The molecule has 5 unspecified atom stereocenters. The van der Waals surface area contributed by atoms with E-state index in [0.29, 0.717) is 18.5 Å². The highest BCUT2D eigenvalue weighted by atomic mass is 16.6. The normalized spacial score (nSPS) is 19.5. The van der Waals surface area contributed by atoms with Crippen molar-refractivity contribution in [2.24, 2.45) is 11.8 Å². The van der Waals surface area contributed by atoms with Gasteiger partial charge in [0.2, 0.25) is 11.8 Å². The molecular weight excluding hydrogens is 458 g/mol. The van der Waals surface area contributed by atoms with Crippen LogP contribution in [0.4, 0.5) is 4.79 Å². The highest BCUT2D eigenvalue weighted by Crippen LogP contribution is 2.41. The minimum atomic E-state index is -0.923. The summed E-state index contributed by atoms with van der Waals surface area (Å²) in [7, 11) is 0. The van der Waals surface area contributed by atoms with Crippen molar-refractivity contribution in [1.29, 1.82) is 0 Å². The summed E-state index contributed by atoms with van der Waals surface area (Å²) in [5.74, 6) is -0.538. The lowest BCUT2D eigenvalue weighted by Gasteiger charge is -2.36. The Balaban J connectivity index is 2.45. The third kappa shape index (κ3) is 8.42. The third-order valence-corrected chi connectivity index (χ3v) is 6.62. The quantitative estimate of drug-likeness (QED) is 0.351. The number of carbonyl (C=O) groups excluding carboxylic acids is 3. The topological polar surface area (TPSA) is 108 Å². The molecule has 8 heteroatoms. The summed E-state index contributed by atoms with van der Waals surface area (Å²) in [5, 5.41) is 16.0. The average molecular weight is 504 g/mol. The molecule has 36 heavy (non-hydrogen) atoms. The molecule has 1 aliphatic carbocycles. The van der Waals surface area contributed by atoms with E-state index in [0.717, 1.165) is 25.7 Å². The number of alkyl carbamates (subject to hydrolysis) is 1. The minimum absolute atomic E-state index is 0.0258. The number of benzene rings is 1. The van der Waals surface area contributed by atoms with Gasteiger partial charge >= 0.3 is 6.09 Å². The maximum absolute atomic E-state index is 14.2. The number of phenols is 1. The molecule has 1 fully saturated rings. The number of hydrogen-bond donors (Lipinski definition) is 3. The van der Waals surface area contributed by atoms with Gasteiger partial charge < -0.3 is 25.4 Å². The SMILES string of the molecule is CCCCCNC(=O)C(c1cccc(O)c1)N(C(=O)C(NC(=O)OC(C)(C)C)C(C)CC)C1CC1C. The Labute approximate surface area is 216 Å². The predicted octanol–water partition coefficient (Wildman–Crippen LogP) is 4.92. The van der Waals surface area contributed by atoms with Crippen molar-refractivity contribution in [3.8, 4) is 5.75 Å². The molecule has 0 aromatic heterocycles. The molecule has 0 heterocycles. The smallest absolute Gasteiger partial charge is 0.408 e. The number of nitrogens with one attached hydrogen (secondary N) is 2. The zero-order valence-electron chi connectivity index (χ0n) is 23.0. The summed E-state index contributed by atoms with van der Waals surface area (Å²) in [6.45, 7) is 13.8. The van der Waals surface area contributed by atoms with E-state index >= 15 is 0 Å². The van der Waals surface area contributed by atoms with Gasteiger partial charge in [0.15, 0.2) is 0 Å². The van der Waals surface area contributed by atoms with Crippen LogP contribution in [-0.2, 0) is 14.3 Å². The van der Waals surface area contributed by atoms with Crippen LogP contribution in [-0.4, -0.2) is 52.1 Å². The van der Waals surface area contributed by atoms with Gasteiger partial charge in [0.1, 0.15) is 23.4 Å². The van der Waals surface area contributed by atoms with E-state index < -0.39 is 23.8 Å². The molecule has 2 rings (SSSR count). The third-order valence-electron chi connectivity index (χ3n) is 6.62. The monoisotopic (exact) mass is 503 g/mol. The second kappa shape index (κ2) is 13.0. The van der Waals surface area contributed by atoms with E-state index in [2.05, 4.69) is 17.6 Å². The number of nitrogens with zero attached hydrogens (tertiary/aromatic N) is 1. The predicted molar refractivity (Wildman–Crippen MR) is 140 cm³/mol. The van der Waals surface area contributed by atoms with Crippen LogP contribution < -0.4 is 10.6 Å². The maximum atomic E-state index is 14.2. The first-order valence-electron chi connectivity index (χ1n) is 13.3. The maximum Gasteiger partial charge on any atom is 0.408 e. The molecule has 0 spiro atoms. The Hall–Kier alpha value is -2.77. The van der Waals surface area contributed by atoms with Gasteiger partial charge in [-0.3, -0.25) is 9.59 Å². The van der Waals surface area contributed by atoms with Gasteiger partial charge in [-0.15, -0.1) is 0 Å². The van der Waals surface area contributed by atoms with E-state index in [4.69, 9.17) is 4.74 Å². The van der Waals surface area contributed by atoms with E-state index in [1.54, 1.807) is 37.8 Å². The van der Waals surface area contributed by atoms with Crippen LogP contribution in [0.15, 0.2) is 24.3 Å². The average Bonchev–Trinajstić information content (AvgIpc) is 3.52. The fourth-order valence-corrected chi connectivity index (χ4v) is 4.27. The van der Waals surface area contributed by atoms with Gasteiger partial charge in [-0.25, -0.2) is 4.79 Å². The molecule has 3 amide bonds. The molecule has 1 aromatic carbocycles. The van der Waals surface area contributed by atoms with E-state index in [1.807, 2.05) is 20.8 Å². The Morgan fingerprint density at radius 3 is 2.39 bits per heavy atom. The zero-order valence-corrected chi connectivity index (χ0v) is 23.0. The zero-order chi connectivity index (χ0) is 27.0. The van der Waals surface area contributed by atoms with Crippen LogP contribution >= 0.6 is 0 Å². The van der Waals surface area contributed by atoms with Crippen LogP contribution in [0.25, 0.3) is 0 Å². The Morgan fingerprint density at radius 1 is 1.19 bits per heavy atom. The number of aromatic hydroxyl groups is 1. The molecule has 0 aliphatic heterocycles. The first-order chi connectivity index (χ1) is 16.9. The summed E-state index contributed by atoms with van der Waals surface area (Å²) in [6.07, 6.45) is 3.63. The lowest BCUT2D eigenvalue weighted by Crippen LogP contribution is -2.56. The number of phenolic OH excluding ortho intramolecular Hbond substituents is 1. The Kier molecular flexibility index (Phi) is 10.6. The molecule has 1 aliphatic rings.